The Kier molecular flexibility index (Phi) is 5.44. The number of nitrogens with one attached hydrogen (secondary N) is 1. The Morgan fingerprint density at radius 2 is 1.88 bits per heavy atom. The molecule has 4 heteroatoms. The molecule has 17 heavy (non-hydrogen) atoms. The van der Waals surface area contributed by atoms with Crippen LogP contribution in [0.3, 0.4) is 0 Å². The molecule has 94 valence electrons. The monoisotopic (exact) mass is 364 g/mol. The first-order chi connectivity index (χ1) is 7.63. The number of halogens is 2. The lowest BCUT2D eigenvalue weighted by Crippen LogP contribution is -3.11. The zero-order chi connectivity index (χ0) is 11.7. The van der Waals surface area contributed by atoms with Crippen LogP contribution in [0.2, 0.25) is 5.02 Å². The maximum atomic E-state index is 5.91. The summed E-state index contributed by atoms with van der Waals surface area (Å²) >= 11 is 5.91. The molecule has 0 spiro atoms. The molecule has 0 saturated heterocycles. The van der Waals surface area contributed by atoms with Gasteiger partial charge in [-0.3, -0.25) is 0 Å². The van der Waals surface area contributed by atoms with Crippen LogP contribution in [0.25, 0.3) is 0 Å². The number of rotatable bonds is 2. The highest BCUT2D eigenvalue weighted by Crippen LogP contribution is 2.24. The van der Waals surface area contributed by atoms with Gasteiger partial charge in [0.15, 0.2) is 0 Å². The van der Waals surface area contributed by atoms with E-state index in [1.807, 2.05) is 12.1 Å². The van der Waals surface area contributed by atoms with Crippen molar-refractivity contribution in [2.75, 3.05) is 14.1 Å². The van der Waals surface area contributed by atoms with E-state index in [0.29, 0.717) is 6.04 Å². The smallest absolute Gasteiger partial charge is 0.124 e. The lowest BCUT2D eigenvalue weighted by molar-refractivity contribution is -0.959. The molecule has 0 fully saturated rings. The van der Waals surface area contributed by atoms with Gasteiger partial charge in [0.25, 0.3) is 0 Å². The van der Waals surface area contributed by atoms with Gasteiger partial charge >= 0.3 is 0 Å². The Balaban J connectivity index is 0.00000144. The van der Waals surface area contributed by atoms with Gasteiger partial charge in [-0.1, -0.05) is 30.7 Å². The van der Waals surface area contributed by atoms with Crippen LogP contribution in [0.15, 0.2) is 36.0 Å². The zero-order valence-electron chi connectivity index (χ0n) is 10.4. The number of likely N-dealkylation sites (N-methyl/N-ethyl adjacent to an activating group) is 1. The first-order valence-corrected chi connectivity index (χ1v) is 6.04. The van der Waals surface area contributed by atoms with Crippen molar-refractivity contribution in [3.63, 3.8) is 0 Å². The largest absolute Gasteiger partial charge is 1.00 e. The fourth-order valence-corrected chi connectivity index (χ4v) is 2.34. The SMILES string of the molecule is CCC1=CC(c2ccc(Cl)cc2)N(C)[NH+]1C.[I-]. The van der Waals surface area contributed by atoms with Gasteiger partial charge in [0.05, 0.1) is 7.05 Å². The van der Waals surface area contributed by atoms with Gasteiger partial charge in [0.2, 0.25) is 0 Å². The van der Waals surface area contributed by atoms with E-state index < -0.39 is 0 Å². The maximum absolute atomic E-state index is 5.91. The quantitative estimate of drug-likeness (QED) is 0.665. The summed E-state index contributed by atoms with van der Waals surface area (Å²) < 4.78 is 0. The van der Waals surface area contributed by atoms with Crippen molar-refractivity contribution in [1.29, 1.82) is 0 Å². The molecular formula is C13H18ClIN2. The van der Waals surface area contributed by atoms with Crippen LogP contribution < -0.4 is 29.0 Å². The van der Waals surface area contributed by atoms with E-state index in [1.54, 1.807) is 0 Å². The summed E-state index contributed by atoms with van der Waals surface area (Å²) in [6.07, 6.45) is 3.44. The average Bonchev–Trinajstić information content (AvgIpc) is 2.57. The second kappa shape index (κ2) is 6.18. The summed E-state index contributed by atoms with van der Waals surface area (Å²) in [6.45, 7) is 2.20. The highest BCUT2D eigenvalue weighted by Gasteiger charge is 2.31. The van der Waals surface area contributed by atoms with Crippen molar-refractivity contribution < 1.29 is 29.0 Å². The van der Waals surface area contributed by atoms with Crippen LogP contribution in [0.4, 0.5) is 0 Å². The molecule has 1 N–H and O–H groups in total. The van der Waals surface area contributed by atoms with Crippen molar-refractivity contribution in [2.45, 2.75) is 19.4 Å². The minimum atomic E-state index is 0. The number of quaternary nitrogens is 1. The van der Waals surface area contributed by atoms with E-state index in [4.69, 9.17) is 11.6 Å². The molecular weight excluding hydrogens is 347 g/mol. The normalized spacial score (nSPS) is 24.4. The highest BCUT2D eigenvalue weighted by molar-refractivity contribution is 6.30. The molecule has 0 radical (unpaired) electrons. The highest BCUT2D eigenvalue weighted by atomic mass is 127. The number of nitrogens with zero attached hydrogens (tertiary/aromatic N) is 1. The van der Waals surface area contributed by atoms with Gasteiger partial charge in [0, 0.05) is 24.6 Å². The molecule has 1 aliphatic heterocycles. The van der Waals surface area contributed by atoms with Crippen LogP contribution in [0.1, 0.15) is 24.9 Å². The van der Waals surface area contributed by atoms with Crippen LogP contribution >= 0.6 is 11.6 Å². The Morgan fingerprint density at radius 3 is 2.35 bits per heavy atom. The molecule has 2 unspecified atom stereocenters. The van der Waals surface area contributed by atoms with Gasteiger partial charge in [-0.05, 0) is 17.7 Å². The Morgan fingerprint density at radius 1 is 1.29 bits per heavy atom. The topological polar surface area (TPSA) is 7.68 Å². The third-order valence-corrected chi connectivity index (χ3v) is 3.61. The summed E-state index contributed by atoms with van der Waals surface area (Å²) in [4.78, 5) is 0. The van der Waals surface area contributed by atoms with E-state index in [-0.39, 0.29) is 24.0 Å². The van der Waals surface area contributed by atoms with E-state index in [9.17, 15) is 0 Å². The van der Waals surface area contributed by atoms with Gasteiger partial charge in [0.1, 0.15) is 11.7 Å². The molecule has 1 aromatic carbocycles. The molecule has 1 aromatic rings. The zero-order valence-corrected chi connectivity index (χ0v) is 13.3. The second-order valence-corrected chi connectivity index (χ2v) is 4.67. The minimum Gasteiger partial charge on any atom is -1.00 e. The predicted molar refractivity (Wildman–Crippen MR) is 67.2 cm³/mol. The van der Waals surface area contributed by atoms with Crippen molar-refractivity contribution >= 4 is 11.6 Å². The van der Waals surface area contributed by atoms with Crippen molar-refractivity contribution in [2.24, 2.45) is 0 Å². The van der Waals surface area contributed by atoms with E-state index in [0.717, 1.165) is 11.4 Å². The summed E-state index contributed by atoms with van der Waals surface area (Å²) in [6, 6.07) is 8.49. The number of benzene rings is 1. The summed E-state index contributed by atoms with van der Waals surface area (Å²) in [5.41, 5.74) is 2.75. The van der Waals surface area contributed by atoms with Gasteiger partial charge < -0.3 is 24.0 Å². The lowest BCUT2D eigenvalue weighted by atomic mass is 10.1. The second-order valence-electron chi connectivity index (χ2n) is 4.24. The molecule has 2 atom stereocenters. The van der Waals surface area contributed by atoms with Gasteiger partial charge in [-0.15, -0.1) is 5.01 Å². The first-order valence-electron chi connectivity index (χ1n) is 5.66. The fraction of sp³-hybridized carbons (Fsp3) is 0.385. The maximum Gasteiger partial charge on any atom is 0.124 e. The fourth-order valence-electron chi connectivity index (χ4n) is 2.21. The van der Waals surface area contributed by atoms with E-state index >= 15 is 0 Å². The van der Waals surface area contributed by atoms with Crippen molar-refractivity contribution in [1.82, 2.24) is 5.01 Å². The van der Waals surface area contributed by atoms with Gasteiger partial charge in [-0.2, -0.15) is 0 Å². The Bertz CT molecular complexity index is 402. The number of allylic oxidation sites excluding steroid dienone is 1. The molecule has 0 amide bonds. The summed E-state index contributed by atoms with van der Waals surface area (Å²) in [7, 11) is 4.33. The van der Waals surface area contributed by atoms with Crippen molar-refractivity contribution in [3.05, 3.63) is 46.6 Å². The number of hydrogen-bond donors (Lipinski definition) is 1. The first kappa shape index (κ1) is 15.0. The van der Waals surface area contributed by atoms with E-state index in [1.165, 1.54) is 16.3 Å². The standard InChI is InChI=1S/C13H17ClN2.HI/c1-4-12-9-13(16(3)15(12)2)10-5-7-11(14)8-6-10;/h5-9,13H,4H2,1-3H3;1H. The average molecular weight is 365 g/mol. The van der Waals surface area contributed by atoms with Crippen molar-refractivity contribution in [3.8, 4) is 0 Å². The summed E-state index contributed by atoms with van der Waals surface area (Å²) in [5.74, 6) is 0. The molecule has 0 aromatic heterocycles. The minimum absolute atomic E-state index is 0. The molecule has 2 rings (SSSR count). The third kappa shape index (κ3) is 3.02. The molecule has 0 bridgehead atoms. The van der Waals surface area contributed by atoms with Gasteiger partial charge in [-0.25, -0.2) is 5.01 Å². The van der Waals surface area contributed by atoms with Crippen LogP contribution in [-0.2, 0) is 0 Å². The van der Waals surface area contributed by atoms with Crippen LogP contribution in [0.5, 0.6) is 0 Å². The summed E-state index contributed by atoms with van der Waals surface area (Å²) in [5, 5.41) is 4.49. The molecule has 0 saturated carbocycles. The third-order valence-electron chi connectivity index (χ3n) is 3.36. The van der Waals surface area contributed by atoms with Crippen LogP contribution in [-0.4, -0.2) is 19.1 Å². The molecule has 1 heterocycles. The Hall–Kier alpha value is -0.100. The predicted octanol–water partition coefficient (Wildman–Crippen LogP) is -0.946. The van der Waals surface area contributed by atoms with E-state index in [2.05, 4.69) is 44.2 Å². The van der Waals surface area contributed by atoms with Crippen LogP contribution in [0, 0.1) is 0 Å². The molecule has 2 nitrogen and oxygen atoms in total. The number of hydrogen-bond acceptors (Lipinski definition) is 1. The lowest BCUT2D eigenvalue weighted by Gasteiger charge is -2.23. The molecule has 0 aliphatic carbocycles. The molecule has 1 aliphatic rings. The Labute approximate surface area is 125 Å².